The lowest BCUT2D eigenvalue weighted by Gasteiger charge is -2.16. The molecule has 0 fully saturated rings. The fraction of sp³-hybridized carbons (Fsp3) is 0.500. The van der Waals surface area contributed by atoms with Crippen LogP contribution in [-0.4, -0.2) is 32.4 Å². The normalized spacial score (nSPS) is 11.7. The van der Waals surface area contributed by atoms with Crippen molar-refractivity contribution in [2.24, 2.45) is 0 Å². The van der Waals surface area contributed by atoms with Crippen LogP contribution in [0.1, 0.15) is 30.9 Å². The summed E-state index contributed by atoms with van der Waals surface area (Å²) >= 11 is 0. The zero-order valence-corrected chi connectivity index (χ0v) is 12.2. The molecule has 1 atom stereocenters. The maximum Gasteiger partial charge on any atom is 0.124 e. The minimum Gasteiger partial charge on any atom is -0.497 e. The zero-order valence-electron chi connectivity index (χ0n) is 12.2. The first-order valence-electron chi connectivity index (χ1n) is 6.77. The summed E-state index contributed by atoms with van der Waals surface area (Å²) in [4.78, 5) is 0. The summed E-state index contributed by atoms with van der Waals surface area (Å²) in [7, 11) is 3.19. The molecule has 110 valence electrons. The van der Waals surface area contributed by atoms with E-state index >= 15 is 0 Å². The number of unbranched alkanes of at least 4 members (excludes halogenated alkanes) is 2. The number of hydrogen-bond donors (Lipinski definition) is 2. The van der Waals surface area contributed by atoms with Crippen LogP contribution in [0, 0.1) is 12.3 Å². The summed E-state index contributed by atoms with van der Waals surface area (Å²) in [6, 6.07) is 5.40. The average molecular weight is 277 g/mol. The maximum atomic E-state index is 10.2. The van der Waals surface area contributed by atoms with E-state index in [0.717, 1.165) is 31.4 Å². The first-order valence-corrected chi connectivity index (χ1v) is 6.77. The predicted octanol–water partition coefficient (Wildman–Crippen LogP) is 2.13. The number of ether oxygens (including phenoxy) is 2. The summed E-state index contributed by atoms with van der Waals surface area (Å²) in [6.45, 7) is 1.31. The number of aliphatic hydroxyl groups is 1. The van der Waals surface area contributed by atoms with Gasteiger partial charge in [0.1, 0.15) is 11.5 Å². The molecule has 0 spiro atoms. The van der Waals surface area contributed by atoms with Crippen molar-refractivity contribution in [1.82, 2.24) is 5.32 Å². The number of methoxy groups -OCH3 is 2. The summed E-state index contributed by atoms with van der Waals surface area (Å²) in [5.74, 6) is 3.98. The van der Waals surface area contributed by atoms with Gasteiger partial charge >= 0.3 is 0 Å². The number of aliphatic hydroxyl groups excluding tert-OH is 1. The first kappa shape index (κ1) is 16.4. The molecule has 4 heteroatoms. The van der Waals surface area contributed by atoms with E-state index in [-0.39, 0.29) is 0 Å². The molecular weight excluding hydrogens is 254 g/mol. The molecule has 0 bridgehead atoms. The highest BCUT2D eigenvalue weighted by Crippen LogP contribution is 2.28. The van der Waals surface area contributed by atoms with Crippen LogP contribution >= 0.6 is 0 Å². The average Bonchev–Trinajstić information content (AvgIpc) is 2.49. The Morgan fingerprint density at radius 2 is 2.10 bits per heavy atom. The lowest BCUT2D eigenvalue weighted by Crippen LogP contribution is -2.22. The Hall–Kier alpha value is -1.70. The highest BCUT2D eigenvalue weighted by Gasteiger charge is 2.14. The van der Waals surface area contributed by atoms with E-state index in [1.54, 1.807) is 26.4 Å². The second kappa shape index (κ2) is 9.24. The van der Waals surface area contributed by atoms with Gasteiger partial charge in [-0.15, -0.1) is 12.3 Å². The van der Waals surface area contributed by atoms with Gasteiger partial charge in [0.2, 0.25) is 0 Å². The van der Waals surface area contributed by atoms with Crippen LogP contribution in [-0.2, 0) is 0 Å². The molecule has 0 aliphatic carbocycles. The van der Waals surface area contributed by atoms with Gasteiger partial charge in [-0.05, 0) is 37.6 Å². The molecule has 0 amide bonds. The minimum absolute atomic E-state index is 0.472. The fourth-order valence-corrected chi connectivity index (χ4v) is 1.93. The molecule has 20 heavy (non-hydrogen) atoms. The number of benzene rings is 1. The van der Waals surface area contributed by atoms with Gasteiger partial charge in [0.25, 0.3) is 0 Å². The van der Waals surface area contributed by atoms with Crippen LogP contribution in [0.15, 0.2) is 18.2 Å². The standard InChI is InChI=1S/C16H23NO3/c1-4-5-6-7-10-17-12-15(18)14-11-13(19-2)8-9-16(14)20-3/h1,8-9,11,15,17-18H,5-7,10,12H2,2-3H3. The van der Waals surface area contributed by atoms with Crippen molar-refractivity contribution in [3.63, 3.8) is 0 Å². The van der Waals surface area contributed by atoms with E-state index in [4.69, 9.17) is 15.9 Å². The quantitative estimate of drug-likeness (QED) is 0.536. The Kier molecular flexibility index (Phi) is 7.56. The highest BCUT2D eigenvalue weighted by molar-refractivity contribution is 5.41. The van der Waals surface area contributed by atoms with Crippen LogP contribution in [0.5, 0.6) is 11.5 Å². The minimum atomic E-state index is -0.632. The van der Waals surface area contributed by atoms with Crippen LogP contribution in [0.2, 0.25) is 0 Å². The lowest BCUT2D eigenvalue weighted by atomic mass is 10.1. The third-order valence-corrected chi connectivity index (χ3v) is 3.06. The predicted molar refractivity (Wildman–Crippen MR) is 80.1 cm³/mol. The maximum absolute atomic E-state index is 10.2. The van der Waals surface area contributed by atoms with E-state index in [1.165, 1.54) is 0 Å². The van der Waals surface area contributed by atoms with Crippen molar-refractivity contribution in [3.05, 3.63) is 23.8 Å². The van der Waals surface area contributed by atoms with Gasteiger partial charge in [-0.25, -0.2) is 0 Å². The molecule has 1 aromatic rings. The Morgan fingerprint density at radius 3 is 2.75 bits per heavy atom. The molecule has 0 aromatic heterocycles. The van der Waals surface area contributed by atoms with Crippen molar-refractivity contribution in [2.45, 2.75) is 25.4 Å². The van der Waals surface area contributed by atoms with Crippen LogP contribution in [0.4, 0.5) is 0 Å². The Bertz CT molecular complexity index is 440. The smallest absolute Gasteiger partial charge is 0.124 e. The van der Waals surface area contributed by atoms with Gasteiger partial charge in [0.05, 0.1) is 20.3 Å². The van der Waals surface area contributed by atoms with E-state index in [2.05, 4.69) is 11.2 Å². The lowest BCUT2D eigenvalue weighted by molar-refractivity contribution is 0.170. The summed E-state index contributed by atoms with van der Waals surface area (Å²) in [5.41, 5.74) is 0.725. The molecule has 0 saturated carbocycles. The molecule has 0 radical (unpaired) electrons. The van der Waals surface area contributed by atoms with E-state index < -0.39 is 6.10 Å². The Morgan fingerprint density at radius 1 is 1.30 bits per heavy atom. The topological polar surface area (TPSA) is 50.7 Å². The third-order valence-electron chi connectivity index (χ3n) is 3.06. The van der Waals surface area contributed by atoms with Crippen molar-refractivity contribution in [2.75, 3.05) is 27.3 Å². The molecule has 2 N–H and O–H groups in total. The summed E-state index contributed by atoms with van der Waals surface area (Å²) < 4.78 is 10.4. The molecular formula is C16H23NO3. The Balaban J connectivity index is 2.49. The van der Waals surface area contributed by atoms with Gasteiger partial charge in [0, 0.05) is 18.5 Å². The van der Waals surface area contributed by atoms with E-state index in [1.807, 2.05) is 6.07 Å². The number of hydrogen-bond acceptors (Lipinski definition) is 4. The van der Waals surface area contributed by atoms with Crippen molar-refractivity contribution in [3.8, 4) is 23.8 Å². The number of terminal acetylenes is 1. The second-order valence-electron chi connectivity index (χ2n) is 4.49. The number of nitrogens with one attached hydrogen (secondary N) is 1. The monoisotopic (exact) mass is 277 g/mol. The molecule has 0 heterocycles. The highest BCUT2D eigenvalue weighted by atomic mass is 16.5. The molecule has 4 nitrogen and oxygen atoms in total. The van der Waals surface area contributed by atoms with Crippen molar-refractivity contribution < 1.29 is 14.6 Å². The van der Waals surface area contributed by atoms with Crippen LogP contribution in [0.3, 0.4) is 0 Å². The molecule has 1 aromatic carbocycles. The SMILES string of the molecule is C#CCCCCNCC(O)c1cc(OC)ccc1OC. The molecule has 1 unspecified atom stereocenters. The largest absolute Gasteiger partial charge is 0.497 e. The number of rotatable bonds is 9. The van der Waals surface area contributed by atoms with Crippen LogP contribution in [0.25, 0.3) is 0 Å². The Labute approximate surface area is 121 Å². The van der Waals surface area contributed by atoms with Gasteiger partial charge in [-0.2, -0.15) is 0 Å². The van der Waals surface area contributed by atoms with E-state index in [0.29, 0.717) is 18.0 Å². The van der Waals surface area contributed by atoms with Gasteiger partial charge in [0.15, 0.2) is 0 Å². The van der Waals surface area contributed by atoms with Gasteiger partial charge in [-0.3, -0.25) is 0 Å². The summed E-state index contributed by atoms with van der Waals surface area (Å²) in [5, 5.41) is 13.4. The second-order valence-corrected chi connectivity index (χ2v) is 4.49. The van der Waals surface area contributed by atoms with Crippen molar-refractivity contribution in [1.29, 1.82) is 0 Å². The van der Waals surface area contributed by atoms with Crippen molar-refractivity contribution >= 4 is 0 Å². The molecule has 0 aliphatic rings. The molecule has 0 saturated heterocycles. The first-order chi connectivity index (χ1) is 9.72. The molecule has 0 aliphatic heterocycles. The van der Waals surface area contributed by atoms with Crippen LogP contribution < -0.4 is 14.8 Å². The fourth-order valence-electron chi connectivity index (χ4n) is 1.93. The zero-order chi connectivity index (χ0) is 14.8. The van der Waals surface area contributed by atoms with E-state index in [9.17, 15) is 5.11 Å². The van der Waals surface area contributed by atoms with Gasteiger partial charge in [-0.1, -0.05) is 0 Å². The summed E-state index contributed by atoms with van der Waals surface area (Å²) in [6.07, 6.45) is 7.37. The van der Waals surface area contributed by atoms with Gasteiger partial charge < -0.3 is 19.9 Å². The third kappa shape index (κ3) is 5.12. The molecule has 1 rings (SSSR count).